The van der Waals surface area contributed by atoms with Crippen LogP contribution < -0.4 is 10.1 Å². The topological polar surface area (TPSA) is 24.5 Å². The molecule has 4 rings (SSSR count). The second-order valence-corrected chi connectivity index (χ2v) is 9.40. The van der Waals surface area contributed by atoms with Crippen molar-refractivity contribution in [1.29, 1.82) is 0 Å². The summed E-state index contributed by atoms with van der Waals surface area (Å²) in [5.74, 6) is -0.824. The minimum atomic E-state index is -4.46. The van der Waals surface area contributed by atoms with E-state index in [1.807, 2.05) is 24.3 Å². The highest BCUT2D eigenvalue weighted by atomic mass is 35.5. The van der Waals surface area contributed by atoms with Crippen LogP contribution in [0.1, 0.15) is 42.5 Å². The van der Waals surface area contributed by atoms with Gasteiger partial charge in [-0.15, -0.1) is 0 Å². The molecule has 9 heteroatoms. The van der Waals surface area contributed by atoms with Crippen molar-refractivity contribution in [2.24, 2.45) is 0 Å². The molecule has 0 bridgehead atoms. The quantitative estimate of drug-likeness (QED) is 0.305. The van der Waals surface area contributed by atoms with E-state index in [1.165, 1.54) is 17.0 Å². The molecule has 190 valence electrons. The fourth-order valence-corrected chi connectivity index (χ4v) is 5.33. The second-order valence-electron chi connectivity index (χ2n) is 9.00. The predicted octanol–water partition coefficient (Wildman–Crippen LogP) is 6.51. The first-order valence-corrected chi connectivity index (χ1v) is 12.1. The average Bonchev–Trinajstić information content (AvgIpc) is 3.16. The highest BCUT2D eigenvalue weighted by molar-refractivity contribution is 6.31. The summed E-state index contributed by atoms with van der Waals surface area (Å²) in [5.41, 5.74) is 3.75. The van der Waals surface area contributed by atoms with Gasteiger partial charge in [-0.2, -0.15) is 13.2 Å². The van der Waals surface area contributed by atoms with Crippen LogP contribution in [0, 0.1) is 5.82 Å². The van der Waals surface area contributed by atoms with Gasteiger partial charge < -0.3 is 10.1 Å². The van der Waals surface area contributed by atoms with E-state index in [-0.39, 0.29) is 22.9 Å². The molecule has 2 aromatic carbocycles. The lowest BCUT2D eigenvalue weighted by Gasteiger charge is -2.43. The van der Waals surface area contributed by atoms with Crippen molar-refractivity contribution in [1.82, 2.24) is 10.2 Å². The van der Waals surface area contributed by atoms with Crippen LogP contribution in [0.5, 0.6) is 5.75 Å². The first-order valence-electron chi connectivity index (χ1n) is 11.7. The smallest absolute Gasteiger partial charge is 0.401 e. The number of rotatable bonds is 9. The van der Waals surface area contributed by atoms with Crippen LogP contribution in [0.4, 0.5) is 22.0 Å². The maximum atomic E-state index is 15.9. The maximum Gasteiger partial charge on any atom is 0.401 e. The van der Waals surface area contributed by atoms with E-state index in [2.05, 4.69) is 5.32 Å². The van der Waals surface area contributed by atoms with Gasteiger partial charge in [-0.3, -0.25) is 9.29 Å². The van der Waals surface area contributed by atoms with E-state index >= 15 is 4.39 Å². The van der Waals surface area contributed by atoms with Crippen molar-refractivity contribution >= 4 is 17.2 Å². The van der Waals surface area contributed by atoms with Crippen LogP contribution in [-0.2, 0) is 6.42 Å². The molecule has 35 heavy (non-hydrogen) atoms. The molecule has 0 spiro atoms. The zero-order valence-corrected chi connectivity index (χ0v) is 20.2. The second kappa shape index (κ2) is 10.8. The number of halogens is 6. The van der Waals surface area contributed by atoms with Crippen molar-refractivity contribution in [3.05, 3.63) is 69.5 Å². The van der Waals surface area contributed by atoms with Gasteiger partial charge in [-0.25, -0.2) is 4.39 Å². The van der Waals surface area contributed by atoms with Crippen molar-refractivity contribution in [2.45, 2.75) is 44.4 Å². The monoisotopic (exact) mass is 514 g/mol. The summed E-state index contributed by atoms with van der Waals surface area (Å²) in [6.07, 6.45) is -3.21. The van der Waals surface area contributed by atoms with Crippen LogP contribution in [0.25, 0.3) is 5.57 Å². The lowest BCUT2D eigenvalue weighted by atomic mass is 9.85. The van der Waals surface area contributed by atoms with Gasteiger partial charge in [0.1, 0.15) is 6.61 Å². The third kappa shape index (κ3) is 5.65. The highest BCUT2D eigenvalue weighted by Gasteiger charge is 2.45. The van der Waals surface area contributed by atoms with E-state index in [4.69, 9.17) is 16.3 Å². The molecule has 0 unspecified atom stereocenters. The van der Waals surface area contributed by atoms with Crippen molar-refractivity contribution in [3.8, 4) is 5.75 Å². The Morgan fingerprint density at radius 1 is 1.14 bits per heavy atom. The number of hydrogen-bond donors (Lipinski definition) is 1. The first-order chi connectivity index (χ1) is 16.7. The fourth-order valence-electron chi connectivity index (χ4n) is 5.08. The van der Waals surface area contributed by atoms with Gasteiger partial charge in [0.2, 0.25) is 0 Å². The first kappa shape index (κ1) is 25.9. The molecule has 0 aromatic heterocycles. The molecular formula is C26H28ClF5N2O. The van der Waals surface area contributed by atoms with Crippen LogP contribution in [0.2, 0.25) is 5.02 Å². The lowest BCUT2D eigenvalue weighted by molar-refractivity contribution is -0.155. The van der Waals surface area contributed by atoms with E-state index in [1.54, 1.807) is 6.92 Å². The van der Waals surface area contributed by atoms with Crippen molar-refractivity contribution < 1.29 is 26.7 Å². The molecule has 1 aliphatic carbocycles. The number of hydrogen-bond acceptors (Lipinski definition) is 3. The Balaban J connectivity index is 1.71. The standard InChI is InChI=1S/C26H28ClF5N2O/c1-16-13-19-18-6-3-2-5-17(18)14-20(19)25(34(16)15-26(30,31)32)23-21(27)7-8-22(24(23)29)35-12-11-33-10-4-9-28/h2-3,5-8,16,25,33H,4,9-15H2,1H3/t16-,25+/m1/s1. The average molecular weight is 515 g/mol. The Kier molecular flexibility index (Phi) is 8.03. The summed E-state index contributed by atoms with van der Waals surface area (Å²) < 4.78 is 74.6. The number of alkyl halides is 4. The molecule has 0 saturated heterocycles. The Hall–Kier alpha value is -2.16. The zero-order chi connectivity index (χ0) is 25.2. The van der Waals surface area contributed by atoms with Crippen LogP contribution >= 0.6 is 11.6 Å². The van der Waals surface area contributed by atoms with Gasteiger partial charge in [0, 0.05) is 23.2 Å². The summed E-state index contributed by atoms with van der Waals surface area (Å²) in [4.78, 5) is 1.30. The van der Waals surface area contributed by atoms with Gasteiger partial charge in [0.15, 0.2) is 11.6 Å². The summed E-state index contributed by atoms with van der Waals surface area (Å²) >= 11 is 6.47. The molecule has 2 aromatic rings. The van der Waals surface area contributed by atoms with Crippen molar-refractivity contribution in [2.75, 3.05) is 32.9 Å². The molecule has 1 heterocycles. The number of nitrogens with zero attached hydrogens (tertiary/aromatic N) is 1. The molecule has 2 atom stereocenters. The Bertz CT molecular complexity index is 1090. The summed E-state index contributed by atoms with van der Waals surface area (Å²) in [7, 11) is 0. The fraction of sp³-hybridized carbons (Fsp3) is 0.462. The lowest BCUT2D eigenvalue weighted by Crippen LogP contribution is -2.46. The summed E-state index contributed by atoms with van der Waals surface area (Å²) in [6.45, 7) is 1.10. The summed E-state index contributed by atoms with van der Waals surface area (Å²) in [6, 6.07) is 9.13. The minimum Gasteiger partial charge on any atom is -0.489 e. The van der Waals surface area contributed by atoms with Gasteiger partial charge in [0.05, 0.1) is 19.3 Å². The molecular weight excluding hydrogens is 487 g/mol. The minimum absolute atomic E-state index is 0.00524. The van der Waals surface area contributed by atoms with Gasteiger partial charge in [-0.05, 0) is 67.1 Å². The van der Waals surface area contributed by atoms with Gasteiger partial charge in [0.25, 0.3) is 0 Å². The van der Waals surface area contributed by atoms with E-state index in [0.717, 1.165) is 22.3 Å². The number of ether oxygens (including phenoxy) is 1. The number of nitrogens with one attached hydrogen (secondary N) is 1. The molecule has 0 fully saturated rings. The zero-order valence-electron chi connectivity index (χ0n) is 19.4. The number of fused-ring (bicyclic) bond motifs is 2. The molecule has 1 N–H and O–H groups in total. The molecule has 3 nitrogen and oxygen atoms in total. The van der Waals surface area contributed by atoms with Crippen LogP contribution in [0.3, 0.4) is 0 Å². The Morgan fingerprint density at radius 3 is 2.66 bits per heavy atom. The van der Waals surface area contributed by atoms with Gasteiger partial charge >= 0.3 is 6.18 Å². The third-order valence-electron chi connectivity index (χ3n) is 6.59. The van der Waals surface area contributed by atoms with E-state index in [0.29, 0.717) is 32.4 Å². The van der Waals surface area contributed by atoms with Gasteiger partial charge in [-0.1, -0.05) is 35.9 Å². The third-order valence-corrected chi connectivity index (χ3v) is 6.92. The highest BCUT2D eigenvalue weighted by Crippen LogP contribution is 2.51. The molecule has 0 radical (unpaired) electrons. The SMILES string of the molecule is C[C@@H]1CC2=C(Cc3ccccc32)[C@@H](c2c(Cl)ccc(OCCNCCCF)c2F)N1CC(F)(F)F. The normalized spacial score (nSPS) is 20.2. The maximum absolute atomic E-state index is 15.9. The van der Waals surface area contributed by atoms with E-state index < -0.39 is 37.3 Å². The summed E-state index contributed by atoms with van der Waals surface area (Å²) in [5, 5.41) is 3.05. The van der Waals surface area contributed by atoms with E-state index in [9.17, 15) is 17.6 Å². The largest absolute Gasteiger partial charge is 0.489 e. The molecule has 2 aliphatic rings. The van der Waals surface area contributed by atoms with Crippen LogP contribution in [-0.4, -0.2) is 50.0 Å². The number of benzene rings is 2. The molecule has 0 amide bonds. The van der Waals surface area contributed by atoms with Crippen LogP contribution in [0.15, 0.2) is 42.0 Å². The predicted molar refractivity (Wildman–Crippen MR) is 127 cm³/mol. The molecule has 1 aliphatic heterocycles. The Morgan fingerprint density at radius 2 is 1.91 bits per heavy atom. The van der Waals surface area contributed by atoms with Crippen molar-refractivity contribution in [3.63, 3.8) is 0 Å². The Labute approximate surface area is 206 Å². The molecule has 0 saturated carbocycles.